The maximum absolute atomic E-state index is 13.1. The number of halogens is 6. The van der Waals surface area contributed by atoms with Crippen LogP contribution in [0.15, 0.2) is 97.1 Å². The summed E-state index contributed by atoms with van der Waals surface area (Å²) in [6.07, 6.45) is 4.37. The monoisotopic (exact) mass is 866 g/mol. The minimum absolute atomic E-state index is 0. The number of rotatable bonds is 4. The first-order valence-electron chi connectivity index (χ1n) is 16.7. The second kappa shape index (κ2) is 16.2. The van der Waals surface area contributed by atoms with Crippen LogP contribution in [-0.2, 0) is 19.5 Å². The Morgan fingerprint density at radius 1 is 0.736 bits per heavy atom. The Morgan fingerprint density at radius 2 is 1.23 bits per heavy atom. The zero-order valence-electron chi connectivity index (χ0n) is 29.7. The molecule has 0 amide bonds. The Bertz CT molecular complexity index is 1940. The predicted molar refractivity (Wildman–Crippen MR) is 197 cm³/mol. The van der Waals surface area contributed by atoms with Crippen molar-refractivity contribution < 1.29 is 54.6 Å². The topological polar surface area (TPSA) is 67.7 Å². The number of hydrogen-bond donors (Lipinski definition) is 0. The number of ketones is 1. The molecule has 16 heteroatoms. The average Bonchev–Trinajstić information content (AvgIpc) is 3.36. The molecule has 0 atom stereocenters. The van der Waals surface area contributed by atoms with Crippen molar-refractivity contribution in [2.45, 2.75) is 33.6 Å². The third kappa shape index (κ3) is 12.7. The number of aryl methyl sites for hydroxylation is 2. The van der Waals surface area contributed by atoms with Crippen LogP contribution in [0.1, 0.15) is 52.5 Å². The third-order valence-corrected chi connectivity index (χ3v) is 11.2. The molecule has 0 radical (unpaired) electrons. The minimum Gasteiger partial charge on any atom is 2.00 e. The molecule has 4 aliphatic heterocycles. The number of hydrogen-bond acceptors (Lipinski definition) is 6. The summed E-state index contributed by atoms with van der Waals surface area (Å²) >= 11 is 0. The molecule has 0 spiro atoms. The van der Waals surface area contributed by atoms with E-state index in [9.17, 15) is 35.1 Å². The third-order valence-electron chi connectivity index (χ3n) is 8.57. The van der Waals surface area contributed by atoms with Gasteiger partial charge in [0.1, 0.15) is 18.9 Å². The van der Waals surface area contributed by atoms with Gasteiger partial charge < -0.3 is 5.11 Å². The maximum atomic E-state index is 13.1. The Balaban J connectivity index is 0.000000184. The molecule has 9 rings (SSSR count). The number of carbonyl (C=O) groups excluding carboxylic acids is 1. The molecule has 5 heterocycles. The van der Waals surface area contributed by atoms with Crippen LogP contribution in [0, 0.1) is 13.8 Å². The van der Waals surface area contributed by atoms with E-state index in [0.29, 0.717) is 22.9 Å². The summed E-state index contributed by atoms with van der Waals surface area (Å²) in [5.74, 6) is -0.0243. The quantitative estimate of drug-likeness (QED) is 0.0776. The predicted octanol–water partition coefficient (Wildman–Crippen LogP) is 10.0. The van der Waals surface area contributed by atoms with Crippen LogP contribution in [0.3, 0.4) is 0 Å². The van der Waals surface area contributed by atoms with Crippen molar-refractivity contribution in [1.82, 2.24) is 24.5 Å². The summed E-state index contributed by atoms with van der Waals surface area (Å²) in [5, 5.41) is 18.9. The first-order chi connectivity index (χ1) is 24.2. The molecular weight excluding hydrogens is 823 g/mol. The van der Waals surface area contributed by atoms with Gasteiger partial charge in [-0.05, 0) is 48.2 Å². The van der Waals surface area contributed by atoms with Crippen molar-refractivity contribution in [1.29, 1.82) is 0 Å². The number of benzene rings is 4. The van der Waals surface area contributed by atoms with Crippen LogP contribution in [-0.4, -0.2) is 69.1 Å². The molecule has 4 bridgehead atoms. The summed E-state index contributed by atoms with van der Waals surface area (Å²) in [7, 11) is -10.6. The number of carbonyl (C=O) groups is 1. The van der Waals surface area contributed by atoms with Crippen LogP contribution in [0.5, 0.6) is 5.88 Å². The summed E-state index contributed by atoms with van der Waals surface area (Å²) in [6, 6.07) is 31.0. The normalized spacial score (nSPS) is 21.0. The van der Waals surface area contributed by atoms with E-state index < -0.39 is 7.81 Å². The summed E-state index contributed by atoms with van der Waals surface area (Å²) < 4.78 is 60.5. The minimum atomic E-state index is -10.7. The summed E-state index contributed by atoms with van der Waals surface area (Å²) in [5.41, 5.74) is 4.49. The van der Waals surface area contributed by atoms with Gasteiger partial charge in [-0.1, -0.05) is 104 Å². The first kappa shape index (κ1) is 42.5. The molecule has 286 valence electrons. The van der Waals surface area contributed by atoms with Crippen molar-refractivity contribution in [3.63, 3.8) is 0 Å². The first-order valence-corrected chi connectivity index (χ1v) is 20.8. The van der Waals surface area contributed by atoms with Gasteiger partial charge in [-0.15, -0.1) is 0 Å². The Labute approximate surface area is 319 Å². The van der Waals surface area contributed by atoms with E-state index >= 15 is 0 Å². The molecule has 0 unspecified atom stereocenters. The Kier molecular flexibility index (Phi) is 13.0. The van der Waals surface area contributed by atoms with Crippen LogP contribution < -0.4 is 5.11 Å². The van der Waals surface area contributed by atoms with E-state index in [1.54, 1.807) is 25.1 Å². The zero-order chi connectivity index (χ0) is 37.9. The molecule has 5 aromatic rings. The molecule has 0 aliphatic carbocycles. The smallest absolute Gasteiger partial charge is 2.00 e. The van der Waals surface area contributed by atoms with E-state index in [1.807, 2.05) is 54.6 Å². The fourth-order valence-corrected chi connectivity index (χ4v) is 9.20. The van der Waals surface area contributed by atoms with Crippen LogP contribution in [0.25, 0.3) is 16.5 Å². The van der Waals surface area contributed by atoms with Crippen molar-refractivity contribution in [3.05, 3.63) is 125 Å². The molecule has 7 nitrogen and oxygen atoms in total. The number of nitrogens with zero attached hydrogens (tertiary/aromatic N) is 5. The van der Waals surface area contributed by atoms with Gasteiger partial charge in [-0.2, -0.15) is 5.10 Å². The average molecular weight is 866 g/mol. The molecular formula is C37H42F6N5O2P2Ru+. The fraction of sp³-hybridized carbons (Fsp3) is 0.297. The fourth-order valence-electron chi connectivity index (χ4n) is 6.40. The molecule has 53 heavy (non-hydrogen) atoms. The van der Waals surface area contributed by atoms with Gasteiger partial charge in [0.25, 0.3) is 0 Å². The van der Waals surface area contributed by atoms with E-state index in [-0.39, 0.29) is 44.6 Å². The largest absolute Gasteiger partial charge is 2.00 e. The number of fused-ring (bicyclic) bond motifs is 1. The Morgan fingerprint density at radius 3 is 1.74 bits per heavy atom. The van der Waals surface area contributed by atoms with Crippen molar-refractivity contribution in [3.8, 4) is 11.6 Å². The van der Waals surface area contributed by atoms with Gasteiger partial charge in [-0.25, -0.2) is 19.4 Å². The molecule has 4 saturated heterocycles. The molecule has 1 aromatic heterocycles. The SMILES string of the molecule is C1N2CN3CN1C[PH+](C2)C3.Cc1ccc(C(C)C)cc1.Cc1nn(-c2ccccc2)c([O-])c1C(=O)c1cccc2ccccc12.F[P-](F)(F)(F)(F)F.[Ru+2]. The second-order valence-electron chi connectivity index (χ2n) is 13.6. The van der Waals surface area contributed by atoms with Gasteiger partial charge in [0.05, 0.1) is 37.0 Å². The van der Waals surface area contributed by atoms with Crippen LogP contribution >= 0.6 is 15.7 Å². The van der Waals surface area contributed by atoms with Crippen LogP contribution in [0.2, 0.25) is 0 Å². The molecule has 4 aromatic carbocycles. The van der Waals surface area contributed by atoms with Gasteiger partial charge in [0.2, 0.25) is 0 Å². The zero-order valence-corrected chi connectivity index (χ0v) is 33.3. The second-order valence-corrected chi connectivity index (χ2v) is 17.9. The van der Waals surface area contributed by atoms with Crippen molar-refractivity contribution >= 4 is 32.3 Å². The van der Waals surface area contributed by atoms with Gasteiger partial charge in [0, 0.05) is 19.4 Å². The van der Waals surface area contributed by atoms with Crippen molar-refractivity contribution in [2.75, 3.05) is 38.9 Å². The molecule has 0 saturated carbocycles. The maximum Gasteiger partial charge on any atom is 2.00 e. The van der Waals surface area contributed by atoms with E-state index in [2.05, 4.69) is 64.8 Å². The Hall–Kier alpha value is -3.24. The molecule has 4 aliphatic rings. The van der Waals surface area contributed by atoms with E-state index in [4.69, 9.17) is 0 Å². The van der Waals surface area contributed by atoms with Gasteiger partial charge in [0.15, 0.2) is 5.78 Å². The van der Waals surface area contributed by atoms with E-state index in [0.717, 1.165) is 10.8 Å². The summed E-state index contributed by atoms with van der Waals surface area (Å²) in [6.45, 7) is 12.0. The van der Waals surface area contributed by atoms with E-state index in [1.165, 1.54) is 54.7 Å². The number of para-hydroxylation sites is 1. The van der Waals surface area contributed by atoms with Gasteiger partial charge >= 0.3 is 52.5 Å². The van der Waals surface area contributed by atoms with Crippen LogP contribution in [0.4, 0.5) is 25.2 Å². The molecule has 4 fully saturated rings. The van der Waals surface area contributed by atoms with Gasteiger partial charge in [-0.3, -0.25) is 4.79 Å². The standard InChI is InChI=1S/C21H16N2O2.C10H14.C6H12N3P.F6P.Ru/c1-14-19(21(25)23(22-14)16-10-3-2-4-11-16)20(24)18-13-7-9-15-8-5-6-12-17(15)18;1-8(2)10-6-4-9(3)5-7-10;1-7-2-9-3-8(1)5-10(4-7)6-9;1-7(2,3,4,5)6;/h2-13,25H,1H3;4-8H,1-3H3;1-6H2;;/q;;;-1;+2. The number of aromatic nitrogens is 2. The van der Waals surface area contributed by atoms with Crippen molar-refractivity contribution in [2.24, 2.45) is 0 Å². The summed E-state index contributed by atoms with van der Waals surface area (Å²) in [4.78, 5) is 20.9. The molecule has 0 N–H and O–H groups in total.